The number of hydrogen-bond acceptors (Lipinski definition) is 7. The van der Waals surface area contributed by atoms with Crippen molar-refractivity contribution in [1.82, 2.24) is 4.98 Å². The summed E-state index contributed by atoms with van der Waals surface area (Å²) < 4.78 is 10.2. The van der Waals surface area contributed by atoms with Crippen LogP contribution < -0.4 is 10.1 Å². The number of aromatic nitrogens is 1. The van der Waals surface area contributed by atoms with Crippen LogP contribution >= 0.6 is 11.3 Å². The lowest BCUT2D eigenvalue weighted by atomic mass is 10.1. The molecule has 0 radical (unpaired) electrons. The van der Waals surface area contributed by atoms with Gasteiger partial charge in [-0.3, -0.25) is 4.79 Å². The van der Waals surface area contributed by atoms with Gasteiger partial charge in [-0.2, -0.15) is 0 Å². The van der Waals surface area contributed by atoms with E-state index in [9.17, 15) is 9.59 Å². The fourth-order valence-corrected chi connectivity index (χ4v) is 3.15. The largest absolute Gasteiger partial charge is 0.497 e. The van der Waals surface area contributed by atoms with Gasteiger partial charge in [0, 0.05) is 16.6 Å². The molecule has 1 heterocycles. The van der Waals surface area contributed by atoms with Crippen molar-refractivity contribution < 1.29 is 19.1 Å². The third-order valence-corrected chi connectivity index (χ3v) is 4.96. The molecule has 3 rings (SSSR count). The Kier molecular flexibility index (Phi) is 6.06. The summed E-state index contributed by atoms with van der Waals surface area (Å²) in [6.45, 7) is 3.72. The molecule has 3 aromatic rings. The average molecular weight is 396 g/mol. The Morgan fingerprint density at radius 3 is 2.68 bits per heavy atom. The molecule has 28 heavy (non-hydrogen) atoms. The number of esters is 1. The van der Waals surface area contributed by atoms with Crippen LogP contribution in [-0.2, 0) is 4.74 Å². The first-order chi connectivity index (χ1) is 13.5. The second-order valence-corrected chi connectivity index (χ2v) is 7.05. The number of benzene rings is 2. The lowest BCUT2D eigenvalue weighted by Gasteiger charge is -2.06. The Morgan fingerprint density at radius 1 is 1.11 bits per heavy atom. The minimum atomic E-state index is -0.638. The van der Waals surface area contributed by atoms with Crippen molar-refractivity contribution in [2.24, 2.45) is 0 Å². The minimum absolute atomic E-state index is 0.162. The molecule has 1 aromatic heterocycles. The zero-order chi connectivity index (χ0) is 20.1. The molecule has 0 spiro atoms. The van der Waals surface area contributed by atoms with Crippen molar-refractivity contribution in [1.29, 1.82) is 0 Å². The van der Waals surface area contributed by atoms with Gasteiger partial charge in [-0.05, 0) is 49.2 Å². The Hall–Kier alpha value is -3.19. The number of thiazole rings is 1. The average Bonchev–Trinajstić information content (AvgIpc) is 3.17. The van der Waals surface area contributed by atoms with E-state index in [0.29, 0.717) is 16.4 Å². The molecule has 0 saturated carbocycles. The standard InChI is InChI=1S/C21H20N2O4S/c1-13-7-8-16(9-14(13)2)22-21-23-18(12-28-21)20(25)27-11-19(24)15-5-4-6-17(10-15)26-3/h4-10,12H,11H2,1-3H3,(H,22,23). The van der Waals surface area contributed by atoms with Crippen molar-refractivity contribution in [2.45, 2.75) is 13.8 Å². The van der Waals surface area contributed by atoms with Crippen LogP contribution in [0, 0.1) is 13.8 Å². The van der Waals surface area contributed by atoms with Crippen LogP contribution in [-0.4, -0.2) is 30.5 Å². The number of ketones is 1. The van der Waals surface area contributed by atoms with E-state index < -0.39 is 5.97 Å². The maximum absolute atomic E-state index is 12.2. The quantitative estimate of drug-likeness (QED) is 0.466. The third kappa shape index (κ3) is 4.75. The fourth-order valence-electron chi connectivity index (χ4n) is 2.45. The van der Waals surface area contributed by atoms with E-state index in [1.54, 1.807) is 29.6 Å². The number of hydrogen-bond donors (Lipinski definition) is 1. The molecule has 2 aromatic carbocycles. The van der Waals surface area contributed by atoms with Crippen molar-refractivity contribution in [2.75, 3.05) is 19.0 Å². The van der Waals surface area contributed by atoms with Gasteiger partial charge in [-0.15, -0.1) is 11.3 Å². The number of nitrogens with one attached hydrogen (secondary N) is 1. The highest BCUT2D eigenvalue weighted by atomic mass is 32.1. The van der Waals surface area contributed by atoms with Crippen LogP contribution in [0.5, 0.6) is 5.75 Å². The molecule has 0 aliphatic heterocycles. The van der Waals surface area contributed by atoms with Gasteiger partial charge in [0.05, 0.1) is 7.11 Å². The lowest BCUT2D eigenvalue weighted by Crippen LogP contribution is -2.14. The molecule has 0 unspecified atom stereocenters. The van der Waals surface area contributed by atoms with Crippen LogP contribution in [0.4, 0.5) is 10.8 Å². The zero-order valence-corrected chi connectivity index (χ0v) is 16.6. The highest BCUT2D eigenvalue weighted by Crippen LogP contribution is 2.23. The number of ether oxygens (including phenoxy) is 2. The number of anilines is 2. The van der Waals surface area contributed by atoms with Crippen LogP contribution in [0.25, 0.3) is 0 Å². The lowest BCUT2D eigenvalue weighted by molar-refractivity contribution is 0.0470. The van der Waals surface area contributed by atoms with E-state index >= 15 is 0 Å². The number of carbonyl (C=O) groups is 2. The summed E-state index contributed by atoms with van der Waals surface area (Å²) >= 11 is 1.29. The number of carbonyl (C=O) groups excluding carboxylic acids is 2. The number of methoxy groups -OCH3 is 1. The Morgan fingerprint density at radius 2 is 1.93 bits per heavy atom. The normalized spacial score (nSPS) is 10.4. The van der Waals surface area contributed by atoms with E-state index in [0.717, 1.165) is 11.3 Å². The van der Waals surface area contributed by atoms with Gasteiger partial charge in [0.2, 0.25) is 0 Å². The van der Waals surface area contributed by atoms with Gasteiger partial charge >= 0.3 is 5.97 Å². The third-order valence-electron chi connectivity index (χ3n) is 4.20. The van der Waals surface area contributed by atoms with Gasteiger partial charge in [-0.1, -0.05) is 18.2 Å². The summed E-state index contributed by atoms with van der Waals surface area (Å²) in [6, 6.07) is 12.7. The van der Waals surface area contributed by atoms with E-state index in [1.807, 2.05) is 32.0 Å². The zero-order valence-electron chi connectivity index (χ0n) is 15.8. The summed E-state index contributed by atoms with van der Waals surface area (Å²) in [6.07, 6.45) is 0. The van der Waals surface area contributed by atoms with E-state index in [2.05, 4.69) is 10.3 Å². The van der Waals surface area contributed by atoms with Gasteiger partial charge in [-0.25, -0.2) is 9.78 Å². The predicted octanol–water partition coefficient (Wildman–Crippen LogP) is 4.55. The smallest absolute Gasteiger partial charge is 0.358 e. The summed E-state index contributed by atoms with van der Waals surface area (Å²) in [5.74, 6) is -0.379. The number of aryl methyl sites for hydroxylation is 2. The van der Waals surface area contributed by atoms with Crippen LogP contribution in [0.3, 0.4) is 0 Å². The van der Waals surface area contributed by atoms with Gasteiger partial charge < -0.3 is 14.8 Å². The molecule has 0 saturated heterocycles. The number of Topliss-reactive ketones (excluding diaryl/α,β-unsaturated/α-hetero) is 1. The fraction of sp³-hybridized carbons (Fsp3) is 0.190. The highest BCUT2D eigenvalue weighted by Gasteiger charge is 2.15. The Labute approximate surface area is 167 Å². The number of nitrogens with zero attached hydrogens (tertiary/aromatic N) is 1. The summed E-state index contributed by atoms with van der Waals surface area (Å²) in [7, 11) is 1.52. The van der Waals surface area contributed by atoms with Crippen molar-refractivity contribution in [3.63, 3.8) is 0 Å². The summed E-state index contributed by atoms with van der Waals surface area (Å²) in [5.41, 5.74) is 3.84. The van der Waals surface area contributed by atoms with Gasteiger partial charge in [0.1, 0.15) is 5.75 Å². The maximum atomic E-state index is 12.2. The predicted molar refractivity (Wildman–Crippen MR) is 109 cm³/mol. The first-order valence-corrected chi connectivity index (χ1v) is 9.48. The molecular weight excluding hydrogens is 376 g/mol. The molecular formula is C21H20N2O4S. The molecule has 144 valence electrons. The topological polar surface area (TPSA) is 77.5 Å². The maximum Gasteiger partial charge on any atom is 0.358 e. The minimum Gasteiger partial charge on any atom is -0.497 e. The molecule has 7 heteroatoms. The first kappa shape index (κ1) is 19.6. The summed E-state index contributed by atoms with van der Waals surface area (Å²) in [4.78, 5) is 28.6. The molecule has 0 fully saturated rings. The molecule has 6 nitrogen and oxygen atoms in total. The van der Waals surface area contributed by atoms with Crippen molar-refractivity contribution in [3.8, 4) is 5.75 Å². The first-order valence-electron chi connectivity index (χ1n) is 8.60. The van der Waals surface area contributed by atoms with E-state index in [1.165, 1.54) is 24.0 Å². The molecule has 0 bridgehead atoms. The summed E-state index contributed by atoms with van der Waals surface area (Å²) in [5, 5.41) is 5.35. The van der Waals surface area contributed by atoms with Crippen LogP contribution in [0.15, 0.2) is 47.8 Å². The number of rotatable bonds is 7. The van der Waals surface area contributed by atoms with Gasteiger partial charge in [0.15, 0.2) is 23.2 Å². The molecule has 1 N–H and O–H groups in total. The van der Waals surface area contributed by atoms with E-state index in [4.69, 9.17) is 9.47 Å². The van der Waals surface area contributed by atoms with Crippen LogP contribution in [0.1, 0.15) is 32.0 Å². The van der Waals surface area contributed by atoms with Crippen molar-refractivity contribution in [3.05, 3.63) is 70.2 Å². The van der Waals surface area contributed by atoms with E-state index in [-0.39, 0.29) is 18.1 Å². The Balaban J connectivity index is 1.59. The van der Waals surface area contributed by atoms with Crippen molar-refractivity contribution >= 4 is 33.9 Å². The molecule has 0 atom stereocenters. The van der Waals surface area contributed by atoms with Crippen LogP contribution in [0.2, 0.25) is 0 Å². The Bertz CT molecular complexity index is 1010. The second-order valence-electron chi connectivity index (χ2n) is 6.19. The second kappa shape index (κ2) is 8.67. The molecule has 0 aliphatic rings. The monoisotopic (exact) mass is 396 g/mol. The SMILES string of the molecule is COc1cccc(C(=O)COC(=O)c2csc(Nc3ccc(C)c(C)c3)n2)c1. The highest BCUT2D eigenvalue weighted by molar-refractivity contribution is 7.14. The molecule has 0 amide bonds. The van der Waals surface area contributed by atoms with Gasteiger partial charge in [0.25, 0.3) is 0 Å². The molecule has 0 aliphatic carbocycles.